The van der Waals surface area contributed by atoms with Crippen molar-refractivity contribution < 1.29 is 18.3 Å². The van der Waals surface area contributed by atoms with Crippen molar-refractivity contribution in [1.29, 1.82) is 0 Å². The van der Waals surface area contributed by atoms with E-state index in [0.29, 0.717) is 29.9 Å². The molecule has 172 valence electrons. The summed E-state index contributed by atoms with van der Waals surface area (Å²) < 4.78 is 38.5. The average Bonchev–Trinajstić information content (AvgIpc) is 3.28. The van der Waals surface area contributed by atoms with E-state index in [-0.39, 0.29) is 5.75 Å². The number of rotatable bonds is 7. The normalized spacial score (nSPS) is 12.1. The lowest BCUT2D eigenvalue weighted by Gasteiger charge is -2.20. The van der Waals surface area contributed by atoms with Gasteiger partial charge in [-0.05, 0) is 42.9 Å². The molecule has 0 aliphatic carbocycles. The van der Waals surface area contributed by atoms with E-state index in [1.165, 1.54) is 23.1 Å². The van der Waals surface area contributed by atoms with Crippen LogP contribution in [0, 0.1) is 0 Å². The number of hydrogen-bond acceptors (Lipinski definition) is 5. The Balaban J connectivity index is 1.65. The Kier molecular flexibility index (Phi) is 6.33. The number of phenolic OH excluding ortho intramolecular Hbond substituents is 1. The van der Waals surface area contributed by atoms with E-state index < -0.39 is 11.7 Å². The first kappa shape index (κ1) is 22.7. The maximum atomic E-state index is 12.8. The van der Waals surface area contributed by atoms with Crippen molar-refractivity contribution in [3.05, 3.63) is 71.5 Å². The molecule has 0 spiro atoms. The second-order valence-corrected chi connectivity index (χ2v) is 7.74. The molecule has 0 radical (unpaired) electrons. The summed E-state index contributed by atoms with van der Waals surface area (Å²) in [6, 6.07) is 10.5. The van der Waals surface area contributed by atoms with Crippen LogP contribution in [-0.4, -0.2) is 43.1 Å². The molecule has 4 rings (SSSR count). The molecule has 0 saturated heterocycles. The summed E-state index contributed by atoms with van der Waals surface area (Å²) >= 11 is 0. The summed E-state index contributed by atoms with van der Waals surface area (Å²) in [4.78, 5) is 8.06. The molecule has 0 aliphatic rings. The standard InChI is InChI=1S/C24H24F3N5O/c1-3-31(4-2)14-18-12-17(20-6-5-11-28-22(20)23(18)33)15-32-29-13-21(30-32)16-7-9-19(10-8-16)24(25,26)27/h5-13,33H,3-4,14-15H2,1-2H3. The summed E-state index contributed by atoms with van der Waals surface area (Å²) in [6.45, 7) is 6.75. The van der Waals surface area contributed by atoms with Crippen LogP contribution < -0.4 is 0 Å². The number of nitrogens with zero attached hydrogens (tertiary/aromatic N) is 5. The molecule has 0 aliphatic heterocycles. The van der Waals surface area contributed by atoms with E-state index in [9.17, 15) is 18.3 Å². The Morgan fingerprint density at radius 3 is 2.42 bits per heavy atom. The minimum absolute atomic E-state index is 0.167. The Labute approximate surface area is 189 Å². The first-order valence-electron chi connectivity index (χ1n) is 10.7. The van der Waals surface area contributed by atoms with Gasteiger partial charge in [-0.2, -0.15) is 28.2 Å². The van der Waals surface area contributed by atoms with E-state index in [2.05, 4.69) is 33.9 Å². The van der Waals surface area contributed by atoms with Crippen LogP contribution in [0.2, 0.25) is 0 Å². The van der Waals surface area contributed by atoms with Gasteiger partial charge < -0.3 is 5.11 Å². The Morgan fingerprint density at radius 1 is 1.03 bits per heavy atom. The summed E-state index contributed by atoms with van der Waals surface area (Å²) in [7, 11) is 0. The van der Waals surface area contributed by atoms with E-state index in [1.54, 1.807) is 12.3 Å². The highest BCUT2D eigenvalue weighted by atomic mass is 19.4. The monoisotopic (exact) mass is 455 g/mol. The predicted octanol–water partition coefficient (Wildman–Crippen LogP) is 5.11. The first-order valence-corrected chi connectivity index (χ1v) is 10.7. The van der Waals surface area contributed by atoms with Crippen molar-refractivity contribution in [3.63, 3.8) is 0 Å². The van der Waals surface area contributed by atoms with Crippen LogP contribution in [0.5, 0.6) is 5.75 Å². The minimum atomic E-state index is -4.38. The number of benzene rings is 2. The van der Waals surface area contributed by atoms with Crippen molar-refractivity contribution >= 4 is 10.9 Å². The van der Waals surface area contributed by atoms with Crippen LogP contribution in [0.15, 0.2) is 54.9 Å². The zero-order chi connectivity index (χ0) is 23.6. The van der Waals surface area contributed by atoms with E-state index in [4.69, 9.17) is 0 Å². The minimum Gasteiger partial charge on any atom is -0.505 e. The lowest BCUT2D eigenvalue weighted by molar-refractivity contribution is -0.137. The largest absolute Gasteiger partial charge is 0.505 e. The van der Waals surface area contributed by atoms with Gasteiger partial charge in [0, 0.05) is 29.3 Å². The van der Waals surface area contributed by atoms with Gasteiger partial charge in [0.1, 0.15) is 17.0 Å². The van der Waals surface area contributed by atoms with Gasteiger partial charge >= 0.3 is 6.18 Å². The lowest BCUT2D eigenvalue weighted by Crippen LogP contribution is -2.22. The van der Waals surface area contributed by atoms with Gasteiger partial charge in [-0.25, -0.2) is 0 Å². The lowest BCUT2D eigenvalue weighted by atomic mass is 10.0. The summed E-state index contributed by atoms with van der Waals surface area (Å²) in [5.74, 6) is 0.167. The Morgan fingerprint density at radius 2 is 1.76 bits per heavy atom. The molecule has 0 unspecified atom stereocenters. The van der Waals surface area contributed by atoms with Gasteiger partial charge in [-0.3, -0.25) is 9.88 Å². The number of halogens is 3. The van der Waals surface area contributed by atoms with E-state index >= 15 is 0 Å². The maximum absolute atomic E-state index is 12.8. The molecule has 9 heteroatoms. The summed E-state index contributed by atoms with van der Waals surface area (Å²) in [5, 5.41) is 20.4. The predicted molar refractivity (Wildman–Crippen MR) is 120 cm³/mol. The quantitative estimate of drug-likeness (QED) is 0.420. The highest BCUT2D eigenvalue weighted by Crippen LogP contribution is 2.32. The molecule has 33 heavy (non-hydrogen) atoms. The zero-order valence-electron chi connectivity index (χ0n) is 18.3. The van der Waals surface area contributed by atoms with Gasteiger partial charge in [0.05, 0.1) is 18.3 Å². The third-order valence-corrected chi connectivity index (χ3v) is 5.68. The molecule has 0 atom stereocenters. The molecular formula is C24H24F3N5O. The maximum Gasteiger partial charge on any atom is 0.416 e. The SMILES string of the molecule is CCN(CC)Cc1cc(Cn2ncc(-c3ccc(C(F)(F)F)cc3)n2)c2cccnc2c1O. The van der Waals surface area contributed by atoms with Gasteiger partial charge in [-0.15, -0.1) is 0 Å². The topological polar surface area (TPSA) is 67.1 Å². The highest BCUT2D eigenvalue weighted by Gasteiger charge is 2.30. The van der Waals surface area contributed by atoms with Crippen LogP contribution >= 0.6 is 0 Å². The van der Waals surface area contributed by atoms with Crippen LogP contribution in [-0.2, 0) is 19.3 Å². The fraction of sp³-hybridized carbons (Fsp3) is 0.292. The van der Waals surface area contributed by atoms with Gasteiger partial charge in [-0.1, -0.05) is 32.0 Å². The zero-order valence-corrected chi connectivity index (χ0v) is 18.3. The smallest absolute Gasteiger partial charge is 0.416 e. The number of aromatic hydroxyl groups is 1. The number of aromatic nitrogens is 4. The van der Waals surface area contributed by atoms with Gasteiger partial charge in [0.2, 0.25) is 0 Å². The van der Waals surface area contributed by atoms with Crippen molar-refractivity contribution in [2.24, 2.45) is 0 Å². The molecule has 2 aromatic carbocycles. The van der Waals surface area contributed by atoms with Gasteiger partial charge in [0.25, 0.3) is 0 Å². The third-order valence-electron chi connectivity index (χ3n) is 5.68. The molecule has 0 bridgehead atoms. The average molecular weight is 455 g/mol. The van der Waals surface area contributed by atoms with E-state index in [0.717, 1.165) is 41.7 Å². The molecule has 6 nitrogen and oxygen atoms in total. The highest BCUT2D eigenvalue weighted by molar-refractivity contribution is 5.88. The summed E-state index contributed by atoms with van der Waals surface area (Å²) in [6.07, 6.45) is -1.21. The molecule has 1 N–H and O–H groups in total. The number of phenols is 1. The second-order valence-electron chi connectivity index (χ2n) is 7.74. The fourth-order valence-corrected chi connectivity index (χ4v) is 3.79. The Hall–Kier alpha value is -3.46. The molecule has 0 saturated carbocycles. The summed E-state index contributed by atoms with van der Waals surface area (Å²) in [5.41, 5.74) is 2.51. The second kappa shape index (κ2) is 9.19. The number of fused-ring (bicyclic) bond motifs is 1. The van der Waals surface area contributed by atoms with Crippen LogP contribution in [0.25, 0.3) is 22.2 Å². The van der Waals surface area contributed by atoms with Crippen molar-refractivity contribution in [2.75, 3.05) is 13.1 Å². The number of hydrogen-bond donors (Lipinski definition) is 1. The number of alkyl halides is 3. The van der Waals surface area contributed by atoms with E-state index in [1.807, 2.05) is 12.1 Å². The molecule has 0 fully saturated rings. The Bertz CT molecular complexity index is 1250. The van der Waals surface area contributed by atoms with Crippen molar-refractivity contribution in [2.45, 2.75) is 33.1 Å². The number of pyridine rings is 1. The van der Waals surface area contributed by atoms with Gasteiger partial charge in [0.15, 0.2) is 0 Å². The van der Waals surface area contributed by atoms with Crippen LogP contribution in [0.4, 0.5) is 13.2 Å². The van der Waals surface area contributed by atoms with Crippen molar-refractivity contribution in [3.8, 4) is 17.0 Å². The molecule has 2 heterocycles. The molecular weight excluding hydrogens is 431 g/mol. The molecule has 2 aromatic heterocycles. The van der Waals surface area contributed by atoms with Crippen molar-refractivity contribution in [1.82, 2.24) is 24.9 Å². The van der Waals surface area contributed by atoms with Crippen LogP contribution in [0.3, 0.4) is 0 Å². The fourth-order valence-electron chi connectivity index (χ4n) is 3.79. The molecule has 0 amide bonds. The first-order chi connectivity index (χ1) is 15.8. The molecule has 4 aromatic rings. The van der Waals surface area contributed by atoms with Crippen LogP contribution in [0.1, 0.15) is 30.5 Å². The third kappa shape index (κ3) is 4.83.